The molecule has 0 unspecified atom stereocenters. The summed E-state index contributed by atoms with van der Waals surface area (Å²) in [5, 5.41) is 4.12. The Morgan fingerprint density at radius 3 is 3.00 bits per heavy atom. The Labute approximate surface area is 129 Å². The van der Waals surface area contributed by atoms with Gasteiger partial charge in [0.1, 0.15) is 5.82 Å². The minimum Gasteiger partial charge on any atom is -0.335 e. The molecule has 1 saturated heterocycles. The van der Waals surface area contributed by atoms with Crippen LogP contribution in [0.3, 0.4) is 0 Å². The molecule has 0 bridgehead atoms. The van der Waals surface area contributed by atoms with Crippen molar-refractivity contribution in [1.82, 2.24) is 24.2 Å². The van der Waals surface area contributed by atoms with E-state index < -0.39 is 0 Å². The zero-order valence-corrected chi connectivity index (χ0v) is 12.7. The third kappa shape index (κ3) is 2.70. The van der Waals surface area contributed by atoms with Crippen molar-refractivity contribution >= 4 is 0 Å². The van der Waals surface area contributed by atoms with Crippen LogP contribution in [0.5, 0.6) is 0 Å². The van der Waals surface area contributed by atoms with Gasteiger partial charge < -0.3 is 4.57 Å². The van der Waals surface area contributed by atoms with E-state index in [0.29, 0.717) is 5.92 Å². The summed E-state index contributed by atoms with van der Waals surface area (Å²) in [6, 6.07) is 3.26. The highest BCUT2D eigenvalue weighted by Crippen LogP contribution is 2.21. The summed E-state index contributed by atoms with van der Waals surface area (Å²) in [6.45, 7) is 4.80. The fourth-order valence-electron chi connectivity index (χ4n) is 3.47. The maximum absolute atomic E-state index is 11.7. The number of hydrogen-bond donors (Lipinski definition) is 0. The van der Waals surface area contributed by atoms with Gasteiger partial charge in [-0.25, -0.2) is 9.67 Å². The van der Waals surface area contributed by atoms with E-state index in [-0.39, 0.29) is 5.56 Å². The molecule has 0 radical (unpaired) electrons. The zero-order valence-electron chi connectivity index (χ0n) is 12.7. The second kappa shape index (κ2) is 5.68. The molecular weight excluding hydrogens is 278 g/mol. The Kier molecular flexibility index (Phi) is 3.54. The second-order valence-electron chi connectivity index (χ2n) is 6.40. The lowest BCUT2D eigenvalue weighted by Crippen LogP contribution is -2.48. The van der Waals surface area contributed by atoms with Crippen LogP contribution < -0.4 is 5.56 Å². The molecule has 0 atom stereocenters. The lowest BCUT2D eigenvalue weighted by molar-refractivity contribution is 0.0755. The molecule has 0 amide bonds. The van der Waals surface area contributed by atoms with Crippen molar-refractivity contribution in [3.8, 4) is 0 Å². The van der Waals surface area contributed by atoms with Gasteiger partial charge in [-0.15, -0.1) is 0 Å². The lowest BCUT2D eigenvalue weighted by Gasteiger charge is -2.38. The minimum atomic E-state index is -0.0114. The topological polar surface area (TPSA) is 56.0 Å². The van der Waals surface area contributed by atoms with E-state index in [1.54, 1.807) is 23.0 Å². The molecule has 2 aliphatic heterocycles. The predicted molar refractivity (Wildman–Crippen MR) is 82.4 cm³/mol. The van der Waals surface area contributed by atoms with Crippen LogP contribution >= 0.6 is 0 Å². The third-order valence-corrected chi connectivity index (χ3v) is 4.59. The van der Waals surface area contributed by atoms with Gasteiger partial charge in [-0.05, 0) is 18.9 Å². The first-order chi connectivity index (χ1) is 10.8. The minimum absolute atomic E-state index is 0.0114. The molecule has 6 heteroatoms. The molecule has 116 valence electrons. The molecule has 0 spiro atoms. The summed E-state index contributed by atoms with van der Waals surface area (Å²) in [6.07, 6.45) is 7.54. The number of imidazole rings is 1. The van der Waals surface area contributed by atoms with Crippen LogP contribution in [0.15, 0.2) is 29.3 Å². The number of likely N-dealkylation sites (tertiary alicyclic amines) is 1. The van der Waals surface area contributed by atoms with E-state index in [2.05, 4.69) is 20.8 Å². The lowest BCUT2D eigenvalue weighted by atomic mass is 10.00. The van der Waals surface area contributed by atoms with Crippen molar-refractivity contribution in [2.75, 3.05) is 13.1 Å². The van der Waals surface area contributed by atoms with Crippen LogP contribution in [0.25, 0.3) is 0 Å². The highest BCUT2D eigenvalue weighted by molar-refractivity contribution is 5.07. The molecule has 2 aromatic heterocycles. The summed E-state index contributed by atoms with van der Waals surface area (Å²) in [5.41, 5.74) is 1.17. The predicted octanol–water partition coefficient (Wildman–Crippen LogP) is 0.908. The molecule has 22 heavy (non-hydrogen) atoms. The normalized spacial score (nSPS) is 18.9. The quantitative estimate of drug-likeness (QED) is 0.842. The highest BCUT2D eigenvalue weighted by atomic mass is 16.1. The Morgan fingerprint density at radius 1 is 1.27 bits per heavy atom. The van der Waals surface area contributed by atoms with Crippen LogP contribution in [0, 0.1) is 5.92 Å². The van der Waals surface area contributed by atoms with E-state index in [9.17, 15) is 4.79 Å². The molecular formula is C16H21N5O. The van der Waals surface area contributed by atoms with E-state index >= 15 is 0 Å². The zero-order chi connectivity index (χ0) is 14.9. The Hall–Kier alpha value is -1.95. The van der Waals surface area contributed by atoms with E-state index in [0.717, 1.165) is 39.1 Å². The molecule has 2 aromatic rings. The van der Waals surface area contributed by atoms with Gasteiger partial charge in [-0.3, -0.25) is 9.69 Å². The molecule has 0 saturated carbocycles. The number of aromatic nitrogens is 4. The first kappa shape index (κ1) is 13.7. The van der Waals surface area contributed by atoms with E-state index in [1.165, 1.54) is 24.4 Å². The van der Waals surface area contributed by atoms with Crippen molar-refractivity contribution in [2.24, 2.45) is 5.92 Å². The van der Waals surface area contributed by atoms with Crippen molar-refractivity contribution < 1.29 is 0 Å². The number of fused-ring (bicyclic) bond motifs is 1. The third-order valence-electron chi connectivity index (χ3n) is 4.59. The average molecular weight is 299 g/mol. The van der Waals surface area contributed by atoms with Crippen LogP contribution in [0.1, 0.15) is 24.4 Å². The fourth-order valence-corrected chi connectivity index (χ4v) is 3.47. The first-order valence-electron chi connectivity index (χ1n) is 8.07. The van der Waals surface area contributed by atoms with Crippen molar-refractivity contribution in [3.05, 3.63) is 46.4 Å². The van der Waals surface area contributed by atoms with Gasteiger partial charge in [0.2, 0.25) is 0 Å². The molecule has 2 aliphatic rings. The van der Waals surface area contributed by atoms with Crippen LogP contribution in [-0.2, 0) is 26.1 Å². The average Bonchev–Trinajstić information content (AvgIpc) is 2.89. The Morgan fingerprint density at radius 2 is 2.18 bits per heavy atom. The first-order valence-corrected chi connectivity index (χ1v) is 8.07. The number of rotatable bonds is 4. The van der Waals surface area contributed by atoms with Gasteiger partial charge in [0.05, 0.1) is 12.2 Å². The van der Waals surface area contributed by atoms with Gasteiger partial charge in [-0.2, -0.15) is 5.10 Å². The standard InChI is InChI=1S/C16H21N5O/c22-16-5-3-6-17-21(16)10-13-8-19(9-13)11-14-12-20-7-2-1-4-15(20)18-14/h3,5-6,12-13H,1-2,4,7-11H2. The Balaban J connectivity index is 1.31. The Bertz CT molecular complexity index is 690. The number of nitrogens with zero attached hydrogens (tertiary/aromatic N) is 5. The molecule has 0 N–H and O–H groups in total. The maximum Gasteiger partial charge on any atom is 0.266 e. The molecule has 1 fully saturated rings. The number of hydrogen-bond acceptors (Lipinski definition) is 4. The second-order valence-corrected chi connectivity index (χ2v) is 6.40. The molecule has 6 nitrogen and oxygen atoms in total. The summed E-state index contributed by atoms with van der Waals surface area (Å²) < 4.78 is 3.88. The molecule has 0 aromatic carbocycles. The van der Waals surface area contributed by atoms with E-state index in [1.807, 2.05) is 0 Å². The van der Waals surface area contributed by atoms with Crippen molar-refractivity contribution in [1.29, 1.82) is 0 Å². The van der Waals surface area contributed by atoms with E-state index in [4.69, 9.17) is 4.98 Å². The van der Waals surface area contributed by atoms with Crippen LogP contribution in [0.4, 0.5) is 0 Å². The smallest absolute Gasteiger partial charge is 0.266 e. The van der Waals surface area contributed by atoms with Crippen LogP contribution in [-0.4, -0.2) is 37.3 Å². The maximum atomic E-state index is 11.7. The van der Waals surface area contributed by atoms with Crippen LogP contribution in [0.2, 0.25) is 0 Å². The molecule has 4 rings (SSSR count). The highest BCUT2D eigenvalue weighted by Gasteiger charge is 2.28. The SMILES string of the molecule is O=c1cccnn1CC1CN(Cc2cn3c(n2)CCCC3)C1. The van der Waals surface area contributed by atoms with Gasteiger partial charge in [0.15, 0.2) is 0 Å². The summed E-state index contributed by atoms with van der Waals surface area (Å²) >= 11 is 0. The number of aryl methyl sites for hydroxylation is 2. The molecule has 0 aliphatic carbocycles. The van der Waals surface area contributed by atoms with Gasteiger partial charge in [-0.1, -0.05) is 0 Å². The fraction of sp³-hybridized carbons (Fsp3) is 0.562. The summed E-state index contributed by atoms with van der Waals surface area (Å²) in [5.74, 6) is 1.77. The van der Waals surface area contributed by atoms with Gasteiger partial charge in [0.25, 0.3) is 5.56 Å². The van der Waals surface area contributed by atoms with Crippen molar-refractivity contribution in [3.63, 3.8) is 0 Å². The molecule has 4 heterocycles. The van der Waals surface area contributed by atoms with Gasteiger partial charge >= 0.3 is 0 Å². The largest absolute Gasteiger partial charge is 0.335 e. The van der Waals surface area contributed by atoms with Crippen molar-refractivity contribution in [2.45, 2.75) is 38.9 Å². The summed E-state index contributed by atoms with van der Waals surface area (Å²) in [7, 11) is 0. The van der Waals surface area contributed by atoms with Gasteiger partial charge in [0, 0.05) is 57.0 Å². The monoisotopic (exact) mass is 299 g/mol. The summed E-state index contributed by atoms with van der Waals surface area (Å²) in [4.78, 5) is 18.8.